The topological polar surface area (TPSA) is 111 Å². The first-order valence-corrected chi connectivity index (χ1v) is 8.04. The first-order chi connectivity index (χ1) is 12.6. The lowest BCUT2D eigenvalue weighted by Crippen LogP contribution is -2.26. The van der Waals surface area contributed by atoms with Crippen molar-refractivity contribution in [1.82, 2.24) is 15.2 Å². The number of aromatic nitrogens is 3. The summed E-state index contributed by atoms with van der Waals surface area (Å²) >= 11 is 0. The lowest BCUT2D eigenvalue weighted by Gasteiger charge is -2.12. The molecule has 26 heavy (non-hydrogen) atoms. The number of carboxylic acid groups (broad SMARTS) is 1. The van der Waals surface area contributed by atoms with Gasteiger partial charge in [-0.25, -0.2) is 9.78 Å². The lowest BCUT2D eigenvalue weighted by atomic mass is 10.1. The third-order valence-electron chi connectivity index (χ3n) is 4.28. The van der Waals surface area contributed by atoms with Crippen molar-refractivity contribution in [2.45, 2.75) is 6.92 Å². The quantitative estimate of drug-likeness (QED) is 0.624. The summed E-state index contributed by atoms with van der Waals surface area (Å²) in [5.41, 5.74) is 2.57. The summed E-state index contributed by atoms with van der Waals surface area (Å²) in [5.74, 6) is -0.827. The number of aromatic amines is 1. The molecule has 0 saturated carbocycles. The molecule has 8 heteroatoms. The van der Waals surface area contributed by atoms with Crippen LogP contribution in [0.3, 0.4) is 0 Å². The van der Waals surface area contributed by atoms with Crippen molar-refractivity contribution in [3.63, 3.8) is 0 Å². The summed E-state index contributed by atoms with van der Waals surface area (Å²) in [6.07, 6.45) is 4.58. The van der Waals surface area contributed by atoms with Gasteiger partial charge in [-0.15, -0.1) is 0 Å². The van der Waals surface area contributed by atoms with Crippen molar-refractivity contribution in [2.24, 2.45) is 0 Å². The van der Waals surface area contributed by atoms with Crippen LogP contribution in [0, 0.1) is 0 Å². The zero-order valence-corrected chi connectivity index (χ0v) is 13.9. The Morgan fingerprint density at radius 3 is 2.96 bits per heavy atom. The third kappa shape index (κ3) is 2.48. The number of hydrogen-bond donors (Lipinski definition) is 3. The third-order valence-corrected chi connectivity index (χ3v) is 4.28. The molecular weight excluding hydrogens is 334 g/mol. The Kier molecular flexibility index (Phi) is 3.65. The van der Waals surface area contributed by atoms with Crippen molar-refractivity contribution >= 4 is 39.9 Å². The highest BCUT2D eigenvalue weighted by Gasteiger charge is 2.33. The van der Waals surface area contributed by atoms with Crippen LogP contribution < -0.4 is 10.2 Å². The van der Waals surface area contributed by atoms with Gasteiger partial charge in [-0.2, -0.15) is 5.10 Å². The number of likely N-dealkylation sites (N-methyl/N-ethyl adjacent to an activating group) is 1. The number of aromatic carboxylic acids is 1. The van der Waals surface area contributed by atoms with Crippen LogP contribution >= 0.6 is 0 Å². The Hall–Kier alpha value is -3.68. The first kappa shape index (κ1) is 15.8. The number of hydrogen-bond acceptors (Lipinski definition) is 5. The van der Waals surface area contributed by atoms with E-state index >= 15 is 0 Å². The molecule has 1 aliphatic rings. The smallest absolute Gasteiger partial charge is 0.337 e. The molecular formula is C18H15N5O3. The molecule has 0 saturated heterocycles. The van der Waals surface area contributed by atoms with Gasteiger partial charge in [0.05, 0.1) is 22.9 Å². The van der Waals surface area contributed by atoms with E-state index in [4.69, 9.17) is 0 Å². The highest BCUT2D eigenvalue weighted by molar-refractivity contribution is 6.32. The molecule has 1 amide bonds. The number of carbonyl (C=O) groups excluding carboxylic acids is 1. The van der Waals surface area contributed by atoms with E-state index in [1.54, 1.807) is 12.4 Å². The van der Waals surface area contributed by atoms with E-state index in [0.717, 1.165) is 16.6 Å². The molecule has 3 N–H and O–H groups in total. The van der Waals surface area contributed by atoms with Gasteiger partial charge in [-0.3, -0.25) is 14.8 Å². The number of amides is 1. The Labute approximate surface area is 148 Å². The molecule has 1 aromatic carbocycles. The van der Waals surface area contributed by atoms with Crippen LogP contribution in [0.4, 0.5) is 11.5 Å². The second-order valence-corrected chi connectivity index (χ2v) is 5.82. The van der Waals surface area contributed by atoms with Gasteiger partial charge in [0.15, 0.2) is 0 Å². The highest BCUT2D eigenvalue weighted by atomic mass is 16.4. The van der Waals surface area contributed by atoms with Crippen LogP contribution in [0.15, 0.2) is 42.9 Å². The van der Waals surface area contributed by atoms with E-state index in [1.807, 2.05) is 25.1 Å². The Morgan fingerprint density at radius 1 is 1.35 bits per heavy atom. The number of pyridine rings is 1. The van der Waals surface area contributed by atoms with E-state index in [1.165, 1.54) is 17.2 Å². The van der Waals surface area contributed by atoms with E-state index in [-0.39, 0.29) is 11.5 Å². The summed E-state index contributed by atoms with van der Waals surface area (Å²) in [6, 6.07) is 7.14. The molecule has 8 nitrogen and oxygen atoms in total. The van der Waals surface area contributed by atoms with Crippen molar-refractivity contribution in [3.05, 3.63) is 54.0 Å². The fourth-order valence-electron chi connectivity index (χ4n) is 2.96. The molecule has 0 spiro atoms. The maximum absolute atomic E-state index is 12.7. The normalized spacial score (nSPS) is 14.9. The molecule has 0 bridgehead atoms. The van der Waals surface area contributed by atoms with Crippen LogP contribution in [0.2, 0.25) is 0 Å². The summed E-state index contributed by atoms with van der Waals surface area (Å²) in [7, 11) is 0. The molecule has 0 unspecified atom stereocenters. The fraction of sp³-hybridized carbons (Fsp3) is 0.111. The molecule has 1 aliphatic heterocycles. The van der Waals surface area contributed by atoms with Gasteiger partial charge in [0, 0.05) is 35.6 Å². The van der Waals surface area contributed by atoms with Crippen LogP contribution in [0.5, 0.6) is 0 Å². The van der Waals surface area contributed by atoms with Gasteiger partial charge in [0.25, 0.3) is 5.91 Å². The van der Waals surface area contributed by atoms with Gasteiger partial charge in [0.1, 0.15) is 5.82 Å². The molecule has 3 heterocycles. The van der Waals surface area contributed by atoms with E-state index in [9.17, 15) is 14.7 Å². The molecule has 0 atom stereocenters. The second-order valence-electron chi connectivity index (χ2n) is 5.82. The standard InChI is InChI=1S/C18H15N5O3/c1-2-23-16-13(5-11(7-20-16)18(25)26)14(17(23)24)9-19-12-4-3-10-8-21-22-15(10)6-12/h3-9,19H,2H2,1H3,(H,21,22)(H,25,26). The monoisotopic (exact) mass is 349 g/mol. The summed E-state index contributed by atoms with van der Waals surface area (Å²) < 4.78 is 0. The van der Waals surface area contributed by atoms with Gasteiger partial charge in [0.2, 0.25) is 0 Å². The van der Waals surface area contributed by atoms with Crippen molar-refractivity contribution in [1.29, 1.82) is 0 Å². The minimum atomic E-state index is -1.08. The summed E-state index contributed by atoms with van der Waals surface area (Å²) in [5, 5.41) is 20.1. The molecule has 130 valence electrons. The zero-order chi connectivity index (χ0) is 18.3. The van der Waals surface area contributed by atoms with E-state index in [2.05, 4.69) is 20.5 Å². The molecule has 0 aliphatic carbocycles. The van der Waals surface area contributed by atoms with Crippen molar-refractivity contribution < 1.29 is 14.7 Å². The largest absolute Gasteiger partial charge is 0.478 e. The number of fused-ring (bicyclic) bond motifs is 2. The average molecular weight is 349 g/mol. The van der Waals surface area contributed by atoms with Gasteiger partial charge >= 0.3 is 5.97 Å². The van der Waals surface area contributed by atoms with E-state index in [0.29, 0.717) is 23.5 Å². The number of nitrogens with zero attached hydrogens (tertiary/aromatic N) is 3. The highest BCUT2D eigenvalue weighted by Crippen LogP contribution is 2.35. The van der Waals surface area contributed by atoms with E-state index < -0.39 is 5.97 Å². The number of benzene rings is 1. The Bertz CT molecular complexity index is 1070. The lowest BCUT2D eigenvalue weighted by molar-refractivity contribution is -0.113. The second kappa shape index (κ2) is 5.99. The van der Waals surface area contributed by atoms with Gasteiger partial charge in [-0.1, -0.05) is 0 Å². The minimum absolute atomic E-state index is 0.0410. The van der Waals surface area contributed by atoms with Crippen LogP contribution in [0.25, 0.3) is 16.5 Å². The van der Waals surface area contributed by atoms with Crippen LogP contribution in [-0.4, -0.2) is 38.7 Å². The molecule has 0 radical (unpaired) electrons. The fourth-order valence-corrected chi connectivity index (χ4v) is 2.96. The molecule has 4 rings (SSSR count). The number of carbonyl (C=O) groups is 2. The Balaban J connectivity index is 1.73. The SMILES string of the molecule is CCN1C(=O)C(=CNc2ccc3cn[nH]c3c2)c2cc(C(=O)O)cnc21. The number of anilines is 2. The number of nitrogens with one attached hydrogen (secondary N) is 2. The number of carboxylic acids is 1. The average Bonchev–Trinajstić information content (AvgIpc) is 3.20. The zero-order valence-electron chi connectivity index (χ0n) is 13.9. The maximum atomic E-state index is 12.7. The first-order valence-electron chi connectivity index (χ1n) is 8.04. The summed E-state index contributed by atoms with van der Waals surface area (Å²) in [4.78, 5) is 29.6. The van der Waals surface area contributed by atoms with Crippen LogP contribution in [0.1, 0.15) is 22.8 Å². The minimum Gasteiger partial charge on any atom is -0.478 e. The van der Waals surface area contributed by atoms with Gasteiger partial charge < -0.3 is 10.4 Å². The predicted octanol–water partition coefficient (Wildman–Crippen LogP) is 2.48. The van der Waals surface area contributed by atoms with Crippen molar-refractivity contribution in [3.8, 4) is 0 Å². The molecule has 2 aromatic heterocycles. The maximum Gasteiger partial charge on any atom is 0.337 e. The number of rotatable bonds is 4. The van der Waals surface area contributed by atoms with Crippen molar-refractivity contribution in [2.75, 3.05) is 16.8 Å². The van der Waals surface area contributed by atoms with Gasteiger partial charge in [-0.05, 0) is 31.2 Å². The molecule has 0 fully saturated rings. The Morgan fingerprint density at radius 2 is 2.19 bits per heavy atom. The predicted molar refractivity (Wildman–Crippen MR) is 96.9 cm³/mol. The van der Waals surface area contributed by atoms with Crippen LogP contribution in [-0.2, 0) is 4.79 Å². The summed E-state index contributed by atoms with van der Waals surface area (Å²) in [6.45, 7) is 2.29. The molecule has 3 aromatic rings. The number of H-pyrrole nitrogens is 1.